The van der Waals surface area contributed by atoms with E-state index in [1.165, 1.54) is 35.3 Å². The lowest BCUT2D eigenvalue weighted by atomic mass is 9.91. The zero-order valence-electron chi connectivity index (χ0n) is 20.5. The first-order valence-electron chi connectivity index (χ1n) is 11.4. The molecule has 5 rings (SSSR count). The number of thiazole rings is 1. The number of aryl methyl sites for hydroxylation is 1. The fraction of sp³-hybridized carbons (Fsp3) is 0.280. The largest absolute Gasteiger partial charge is 0.487 e. The number of aromatic nitrogens is 3. The fourth-order valence-corrected chi connectivity index (χ4v) is 6.09. The molecule has 38 heavy (non-hydrogen) atoms. The molecule has 1 N–H and O–H groups in total. The lowest BCUT2D eigenvalue weighted by Gasteiger charge is -2.38. The Balaban J connectivity index is 1.53. The van der Waals surface area contributed by atoms with E-state index in [9.17, 15) is 21.6 Å². The van der Waals surface area contributed by atoms with Crippen LogP contribution in [0.25, 0.3) is 11.3 Å². The minimum Gasteiger partial charge on any atom is -0.487 e. The van der Waals surface area contributed by atoms with Crippen molar-refractivity contribution < 1.29 is 31.1 Å². The van der Waals surface area contributed by atoms with E-state index < -0.39 is 33.5 Å². The van der Waals surface area contributed by atoms with Crippen molar-refractivity contribution in [2.24, 2.45) is 7.05 Å². The van der Waals surface area contributed by atoms with Crippen molar-refractivity contribution in [1.82, 2.24) is 14.8 Å². The van der Waals surface area contributed by atoms with Crippen molar-refractivity contribution in [3.05, 3.63) is 71.4 Å². The predicted octanol–water partition coefficient (Wildman–Crippen LogP) is 6.04. The first kappa shape index (κ1) is 26.0. The SMILES string of the molecule is Cn1nccc1-c1cc(C(F)(F)F)ccc1O[C@@H]1CC(C)(C)Oc2cc(S(=O)(=O)Nc3nccs3)ccc21. The molecule has 1 aliphatic rings. The molecule has 3 heterocycles. The Labute approximate surface area is 221 Å². The highest BCUT2D eigenvalue weighted by Crippen LogP contribution is 2.45. The molecule has 0 saturated heterocycles. The van der Waals surface area contributed by atoms with Crippen LogP contribution in [0.1, 0.15) is 37.5 Å². The minimum atomic E-state index is -4.53. The van der Waals surface area contributed by atoms with E-state index in [1.807, 2.05) is 13.8 Å². The van der Waals surface area contributed by atoms with Crippen LogP contribution in [0.15, 0.2) is 65.1 Å². The van der Waals surface area contributed by atoms with E-state index in [2.05, 4.69) is 14.8 Å². The number of hydrogen-bond donors (Lipinski definition) is 1. The van der Waals surface area contributed by atoms with Gasteiger partial charge >= 0.3 is 6.18 Å². The smallest absolute Gasteiger partial charge is 0.416 e. The van der Waals surface area contributed by atoms with Crippen LogP contribution < -0.4 is 14.2 Å². The van der Waals surface area contributed by atoms with Crippen LogP contribution in [0.2, 0.25) is 0 Å². The molecule has 0 bridgehead atoms. The number of anilines is 1. The van der Waals surface area contributed by atoms with Crippen molar-refractivity contribution in [2.45, 2.75) is 43.0 Å². The molecule has 200 valence electrons. The Morgan fingerprint density at radius 1 is 1.16 bits per heavy atom. The van der Waals surface area contributed by atoms with Crippen LogP contribution in [-0.2, 0) is 23.2 Å². The molecule has 0 saturated carbocycles. The predicted molar refractivity (Wildman–Crippen MR) is 136 cm³/mol. The number of nitrogens with one attached hydrogen (secondary N) is 1. The third-order valence-corrected chi connectivity index (χ3v) is 8.19. The monoisotopic (exact) mass is 564 g/mol. The van der Waals surface area contributed by atoms with Crippen molar-refractivity contribution in [1.29, 1.82) is 0 Å². The summed E-state index contributed by atoms with van der Waals surface area (Å²) in [5.41, 5.74) is -0.295. The Morgan fingerprint density at radius 2 is 1.95 bits per heavy atom. The van der Waals surface area contributed by atoms with Gasteiger partial charge in [0.15, 0.2) is 5.13 Å². The summed E-state index contributed by atoms with van der Waals surface area (Å²) < 4.78 is 82.7. The summed E-state index contributed by atoms with van der Waals surface area (Å²) in [4.78, 5) is 3.93. The Bertz CT molecular complexity index is 1580. The standard InChI is InChI=1S/C25H23F3N4O4S2/c1-24(2)14-22(17-6-5-16(13-21(17)36-24)38(33,34)31-23-29-10-11-37-23)35-20-7-4-15(25(26,27)28)12-18(20)19-8-9-30-32(19)3/h4-13,22H,14H2,1-3H3,(H,29,31)/t22-/m1/s1. The van der Waals surface area contributed by atoms with Gasteiger partial charge in [-0.2, -0.15) is 18.3 Å². The number of halogens is 3. The molecule has 2 aromatic carbocycles. The number of rotatable bonds is 6. The Kier molecular flexibility index (Phi) is 6.38. The molecule has 8 nitrogen and oxygen atoms in total. The van der Waals surface area contributed by atoms with Gasteiger partial charge < -0.3 is 9.47 Å². The fourth-order valence-electron chi connectivity index (χ4n) is 4.29. The second kappa shape index (κ2) is 9.31. The summed E-state index contributed by atoms with van der Waals surface area (Å²) in [7, 11) is -2.30. The molecule has 1 aliphatic heterocycles. The van der Waals surface area contributed by atoms with Gasteiger partial charge in [0.25, 0.3) is 10.0 Å². The van der Waals surface area contributed by atoms with Gasteiger partial charge in [-0.25, -0.2) is 13.4 Å². The summed E-state index contributed by atoms with van der Waals surface area (Å²) >= 11 is 1.15. The first-order valence-corrected chi connectivity index (χ1v) is 13.8. The summed E-state index contributed by atoms with van der Waals surface area (Å²) in [5, 5.41) is 5.97. The molecule has 4 aromatic rings. The van der Waals surface area contributed by atoms with E-state index in [4.69, 9.17) is 9.47 Å². The van der Waals surface area contributed by atoms with Gasteiger partial charge in [0, 0.05) is 48.4 Å². The van der Waals surface area contributed by atoms with Crippen molar-refractivity contribution in [3.8, 4) is 22.8 Å². The van der Waals surface area contributed by atoms with Gasteiger partial charge in [-0.15, -0.1) is 11.3 Å². The van der Waals surface area contributed by atoms with Crippen LogP contribution in [0.3, 0.4) is 0 Å². The summed E-state index contributed by atoms with van der Waals surface area (Å²) in [5.74, 6) is 0.541. The van der Waals surface area contributed by atoms with Crippen molar-refractivity contribution in [3.63, 3.8) is 0 Å². The molecule has 0 fully saturated rings. The molecule has 0 amide bonds. The number of nitrogens with zero attached hydrogens (tertiary/aromatic N) is 3. The van der Waals surface area contributed by atoms with E-state index in [0.29, 0.717) is 23.4 Å². The van der Waals surface area contributed by atoms with E-state index in [0.717, 1.165) is 23.5 Å². The van der Waals surface area contributed by atoms with Gasteiger partial charge in [0.1, 0.15) is 23.2 Å². The molecule has 1 atom stereocenters. The average Bonchev–Trinajstić information content (AvgIpc) is 3.48. The highest BCUT2D eigenvalue weighted by molar-refractivity contribution is 7.93. The molecule has 13 heteroatoms. The molecule has 2 aromatic heterocycles. The van der Waals surface area contributed by atoms with Crippen molar-refractivity contribution >= 4 is 26.5 Å². The number of ether oxygens (including phenoxy) is 2. The Hall–Kier alpha value is -3.58. The lowest BCUT2D eigenvalue weighted by Crippen LogP contribution is -2.36. The maximum Gasteiger partial charge on any atom is 0.416 e. The maximum atomic E-state index is 13.5. The zero-order valence-corrected chi connectivity index (χ0v) is 22.1. The summed E-state index contributed by atoms with van der Waals surface area (Å²) in [6.45, 7) is 3.66. The van der Waals surface area contributed by atoms with Crippen LogP contribution in [0, 0.1) is 0 Å². The molecular weight excluding hydrogens is 541 g/mol. The van der Waals surface area contributed by atoms with Crippen molar-refractivity contribution in [2.75, 3.05) is 4.72 Å². The second-order valence-corrected chi connectivity index (χ2v) is 11.9. The topological polar surface area (TPSA) is 95.3 Å². The van der Waals surface area contributed by atoms with Gasteiger partial charge in [-0.3, -0.25) is 9.40 Å². The van der Waals surface area contributed by atoms with E-state index >= 15 is 0 Å². The molecule has 0 aliphatic carbocycles. The highest BCUT2D eigenvalue weighted by Gasteiger charge is 2.37. The summed E-state index contributed by atoms with van der Waals surface area (Å²) in [6, 6.07) is 9.36. The minimum absolute atomic E-state index is 0.0204. The number of alkyl halides is 3. The van der Waals surface area contributed by atoms with Gasteiger partial charge in [0.05, 0.1) is 16.2 Å². The number of hydrogen-bond acceptors (Lipinski definition) is 7. The molecule has 0 spiro atoms. The van der Waals surface area contributed by atoms with Crippen LogP contribution >= 0.6 is 11.3 Å². The normalized spacial score (nSPS) is 16.9. The number of sulfonamides is 1. The second-order valence-electron chi connectivity index (χ2n) is 9.36. The number of benzene rings is 2. The van der Waals surface area contributed by atoms with Crippen LogP contribution in [0.4, 0.5) is 18.3 Å². The van der Waals surface area contributed by atoms with Gasteiger partial charge in [-0.05, 0) is 44.2 Å². The van der Waals surface area contributed by atoms with Gasteiger partial charge in [0.2, 0.25) is 0 Å². The molecular formula is C25H23F3N4O4S2. The first-order chi connectivity index (χ1) is 17.8. The lowest BCUT2D eigenvalue weighted by molar-refractivity contribution is -0.137. The highest BCUT2D eigenvalue weighted by atomic mass is 32.2. The van der Waals surface area contributed by atoms with E-state index in [-0.39, 0.29) is 21.3 Å². The van der Waals surface area contributed by atoms with Crippen LogP contribution in [-0.4, -0.2) is 28.8 Å². The maximum absolute atomic E-state index is 13.5. The van der Waals surface area contributed by atoms with E-state index in [1.54, 1.807) is 24.6 Å². The average molecular weight is 565 g/mol. The molecule has 0 unspecified atom stereocenters. The van der Waals surface area contributed by atoms with Gasteiger partial charge in [-0.1, -0.05) is 6.07 Å². The zero-order chi connectivity index (χ0) is 27.3. The summed E-state index contributed by atoms with van der Waals surface area (Å²) in [6.07, 6.45) is -1.80. The quantitative estimate of drug-likeness (QED) is 0.307. The molecule has 0 radical (unpaired) electrons. The Morgan fingerprint density at radius 3 is 2.61 bits per heavy atom. The number of fused-ring (bicyclic) bond motifs is 1. The third-order valence-electron chi connectivity index (χ3n) is 6.03. The van der Waals surface area contributed by atoms with Crippen LogP contribution in [0.5, 0.6) is 11.5 Å². The third kappa shape index (κ3) is 5.20.